The number of carbonyl (C=O) groups is 8. The highest BCUT2D eigenvalue weighted by Gasteiger charge is 2.38. The molecule has 0 saturated carbocycles. The summed E-state index contributed by atoms with van der Waals surface area (Å²) >= 11 is 4.08. The van der Waals surface area contributed by atoms with Crippen LogP contribution in [-0.4, -0.2) is 102 Å². The third-order valence-electron chi connectivity index (χ3n) is 8.89. The molecule has 0 aliphatic carbocycles. The number of nitrogens with one attached hydrogen (secondary N) is 2. The van der Waals surface area contributed by atoms with Crippen LogP contribution >= 0.6 is 12.6 Å². The van der Waals surface area contributed by atoms with Gasteiger partial charge in [-0.25, -0.2) is 0 Å². The lowest BCUT2D eigenvalue weighted by molar-refractivity contribution is -0.141. The van der Waals surface area contributed by atoms with E-state index in [1.807, 2.05) is 0 Å². The highest BCUT2D eigenvalue weighted by molar-refractivity contribution is 7.80. The van der Waals surface area contributed by atoms with Crippen LogP contribution in [0.25, 0.3) is 0 Å². The first-order valence-electron chi connectivity index (χ1n) is 17.3. The maximum absolute atomic E-state index is 13.1. The molecule has 0 aromatic rings. The van der Waals surface area contributed by atoms with Crippen LogP contribution < -0.4 is 22.1 Å². The number of likely N-dealkylation sites (tertiary alicyclic amines) is 2. The van der Waals surface area contributed by atoms with Gasteiger partial charge in [-0.05, 0) is 31.4 Å². The molecule has 48 heavy (non-hydrogen) atoms. The summed E-state index contributed by atoms with van der Waals surface area (Å²) in [5, 5.41) is 5.70. The maximum atomic E-state index is 13.1. The first kappa shape index (κ1) is 41.0. The normalized spacial score (nSPS) is 18.5. The second kappa shape index (κ2) is 22.5. The molecule has 2 saturated heterocycles. The van der Waals surface area contributed by atoms with E-state index in [1.165, 1.54) is 0 Å². The summed E-state index contributed by atoms with van der Waals surface area (Å²) in [5.74, 6) is -3.04. The summed E-state index contributed by atoms with van der Waals surface area (Å²) in [5.41, 5.74) is 11.1. The van der Waals surface area contributed by atoms with Gasteiger partial charge in [0.25, 0.3) is 0 Å². The monoisotopic (exact) mass is 694 g/mol. The topological polar surface area (TPSA) is 219 Å². The average molecular weight is 695 g/mol. The standard InChI is InChI=1S/C33H54N6O8S/c34-21-24-19-29(43)38(32(24)46)15-10-27(41)18-23(31(45)37-14-6-3-1-2-4-9-26(40)12-17-48)8-5-7-13-36-28(42)11-16-39-30(44)20-25(22-35)33(39)47/h23-25,48H,1-22,34-35H2,(H,36,42)(H,37,45)/t23-,24?,25?/m0/s1. The van der Waals surface area contributed by atoms with Crippen molar-refractivity contribution in [1.29, 1.82) is 0 Å². The van der Waals surface area contributed by atoms with Crippen LogP contribution in [-0.2, 0) is 38.4 Å². The van der Waals surface area contributed by atoms with Gasteiger partial charge in [-0.1, -0.05) is 25.7 Å². The minimum Gasteiger partial charge on any atom is -0.356 e. The van der Waals surface area contributed by atoms with E-state index in [-0.39, 0.29) is 105 Å². The molecule has 3 atom stereocenters. The molecule has 2 heterocycles. The second-order valence-corrected chi connectivity index (χ2v) is 13.1. The molecule has 0 bridgehead atoms. The molecule has 14 nitrogen and oxygen atoms in total. The summed E-state index contributed by atoms with van der Waals surface area (Å²) in [6.45, 7) is 0.921. The van der Waals surface area contributed by atoms with Gasteiger partial charge in [-0.3, -0.25) is 48.2 Å². The fourth-order valence-corrected chi connectivity index (χ4v) is 6.16. The van der Waals surface area contributed by atoms with Crippen LogP contribution in [0.4, 0.5) is 0 Å². The van der Waals surface area contributed by atoms with Crippen molar-refractivity contribution in [1.82, 2.24) is 20.4 Å². The summed E-state index contributed by atoms with van der Waals surface area (Å²) in [4.78, 5) is 101. The number of nitrogens with two attached hydrogens (primary N) is 2. The third-order valence-corrected chi connectivity index (χ3v) is 9.11. The molecule has 2 aliphatic rings. The number of unbranched alkanes of at least 4 members (excludes halogenated alkanes) is 5. The van der Waals surface area contributed by atoms with Crippen molar-refractivity contribution in [3.05, 3.63) is 0 Å². The number of Topliss-reactive ketones (excluding diaryl/α,β-unsaturated/α-hetero) is 2. The first-order valence-corrected chi connectivity index (χ1v) is 17.9. The lowest BCUT2D eigenvalue weighted by Crippen LogP contribution is -2.36. The number of amides is 6. The van der Waals surface area contributed by atoms with Crippen molar-refractivity contribution in [2.24, 2.45) is 29.2 Å². The Kier molecular flexibility index (Phi) is 19.2. The van der Waals surface area contributed by atoms with Crippen LogP contribution in [0.3, 0.4) is 0 Å². The first-order chi connectivity index (χ1) is 23.0. The Bertz CT molecular complexity index is 1150. The Morgan fingerprint density at radius 1 is 0.688 bits per heavy atom. The lowest BCUT2D eigenvalue weighted by Gasteiger charge is -2.18. The number of hydrogen-bond acceptors (Lipinski definition) is 11. The fraction of sp³-hybridized carbons (Fsp3) is 0.758. The molecule has 2 rings (SSSR count). The van der Waals surface area contributed by atoms with E-state index in [0.29, 0.717) is 50.9 Å². The van der Waals surface area contributed by atoms with E-state index < -0.39 is 17.8 Å². The second-order valence-electron chi connectivity index (χ2n) is 12.6. The van der Waals surface area contributed by atoms with Gasteiger partial charge >= 0.3 is 0 Å². The minimum atomic E-state index is -0.601. The molecule has 0 spiro atoms. The Balaban J connectivity index is 1.77. The van der Waals surface area contributed by atoms with Crippen LogP contribution in [0.2, 0.25) is 0 Å². The fourth-order valence-electron chi connectivity index (χ4n) is 5.91. The Morgan fingerprint density at radius 3 is 1.81 bits per heavy atom. The predicted molar refractivity (Wildman–Crippen MR) is 181 cm³/mol. The van der Waals surface area contributed by atoms with Gasteiger partial charge in [0, 0.05) is 90.1 Å². The van der Waals surface area contributed by atoms with E-state index in [2.05, 4.69) is 23.3 Å². The highest BCUT2D eigenvalue weighted by Crippen LogP contribution is 2.21. The van der Waals surface area contributed by atoms with E-state index >= 15 is 0 Å². The largest absolute Gasteiger partial charge is 0.356 e. The van der Waals surface area contributed by atoms with Gasteiger partial charge < -0.3 is 22.1 Å². The Morgan fingerprint density at radius 2 is 1.23 bits per heavy atom. The van der Waals surface area contributed by atoms with Gasteiger partial charge in [-0.2, -0.15) is 12.6 Å². The van der Waals surface area contributed by atoms with Crippen molar-refractivity contribution in [3.63, 3.8) is 0 Å². The van der Waals surface area contributed by atoms with Crippen molar-refractivity contribution in [2.75, 3.05) is 45.0 Å². The number of carbonyl (C=O) groups excluding carboxylic acids is 8. The zero-order chi connectivity index (χ0) is 35.5. The molecule has 270 valence electrons. The number of rotatable bonds is 26. The quantitative estimate of drug-likeness (QED) is 0.0483. The van der Waals surface area contributed by atoms with Gasteiger partial charge in [0.2, 0.25) is 35.4 Å². The van der Waals surface area contributed by atoms with Gasteiger partial charge in [0.15, 0.2) is 0 Å². The average Bonchev–Trinajstić information content (AvgIpc) is 3.50. The number of nitrogens with zero attached hydrogens (tertiary/aromatic N) is 2. The van der Waals surface area contributed by atoms with Crippen molar-refractivity contribution < 1.29 is 38.4 Å². The van der Waals surface area contributed by atoms with Gasteiger partial charge in [0.1, 0.15) is 11.6 Å². The highest BCUT2D eigenvalue weighted by atomic mass is 32.1. The molecular formula is C33H54N6O8S. The van der Waals surface area contributed by atoms with Gasteiger partial charge in [0.05, 0.1) is 11.8 Å². The summed E-state index contributed by atoms with van der Waals surface area (Å²) in [6, 6.07) is 0. The van der Waals surface area contributed by atoms with E-state index in [1.54, 1.807) is 0 Å². The molecule has 0 radical (unpaired) electrons. The molecule has 6 N–H and O–H groups in total. The smallest absolute Gasteiger partial charge is 0.234 e. The summed E-state index contributed by atoms with van der Waals surface area (Å²) in [7, 11) is 0. The molecule has 2 unspecified atom stereocenters. The Hall–Kier alpha value is -3.17. The lowest BCUT2D eigenvalue weighted by atomic mass is 9.94. The molecule has 0 aromatic heterocycles. The molecule has 2 aliphatic heterocycles. The minimum absolute atomic E-state index is 0.00193. The Labute approximate surface area is 288 Å². The number of imide groups is 2. The SMILES string of the molecule is NCC1CC(=O)N(CCC(=O)C[C@H](CCCCNC(=O)CCN2C(=O)CC(CN)C2=O)C(=O)NCCCCCCCC(=O)CCS)C1=O. The van der Waals surface area contributed by atoms with Crippen LogP contribution in [0.5, 0.6) is 0 Å². The van der Waals surface area contributed by atoms with Crippen LogP contribution in [0, 0.1) is 17.8 Å². The number of hydrogen-bond donors (Lipinski definition) is 5. The van der Waals surface area contributed by atoms with Gasteiger partial charge in [-0.15, -0.1) is 0 Å². The summed E-state index contributed by atoms with van der Waals surface area (Å²) < 4.78 is 0. The molecule has 2 fully saturated rings. The zero-order valence-electron chi connectivity index (χ0n) is 28.1. The molecular weight excluding hydrogens is 640 g/mol. The van der Waals surface area contributed by atoms with E-state index in [4.69, 9.17) is 11.5 Å². The van der Waals surface area contributed by atoms with Crippen LogP contribution in [0.1, 0.15) is 96.3 Å². The van der Waals surface area contributed by atoms with E-state index in [9.17, 15) is 38.4 Å². The molecule has 6 amide bonds. The summed E-state index contributed by atoms with van der Waals surface area (Å²) in [6.07, 6.45) is 7.01. The van der Waals surface area contributed by atoms with Crippen LogP contribution in [0.15, 0.2) is 0 Å². The zero-order valence-corrected chi connectivity index (χ0v) is 28.9. The molecule has 0 aromatic carbocycles. The van der Waals surface area contributed by atoms with Crippen molar-refractivity contribution >= 4 is 59.6 Å². The molecule has 15 heteroatoms. The van der Waals surface area contributed by atoms with Crippen molar-refractivity contribution in [3.8, 4) is 0 Å². The number of ketones is 2. The number of thiol groups is 1. The van der Waals surface area contributed by atoms with Crippen molar-refractivity contribution in [2.45, 2.75) is 96.3 Å². The maximum Gasteiger partial charge on any atom is 0.234 e. The third kappa shape index (κ3) is 14.1. The van der Waals surface area contributed by atoms with E-state index in [0.717, 1.165) is 41.9 Å². The predicted octanol–water partition coefficient (Wildman–Crippen LogP) is 0.642.